The van der Waals surface area contributed by atoms with Crippen LogP contribution in [-0.4, -0.2) is 9.13 Å². The maximum Gasteiger partial charge on any atom is 0.0623 e. The molecule has 4 heteroatoms. The minimum Gasteiger partial charge on any atom is -0.354 e. The van der Waals surface area contributed by atoms with Gasteiger partial charge >= 0.3 is 0 Å². The van der Waals surface area contributed by atoms with E-state index < -0.39 is 0 Å². The second-order valence-corrected chi connectivity index (χ2v) is 11.6. The average molecular weight is 591 g/mol. The summed E-state index contributed by atoms with van der Waals surface area (Å²) in [5.74, 6) is 0. The molecule has 0 amide bonds. The maximum atomic E-state index is 3.72. The molecule has 7 aromatic carbocycles. The molecule has 9 rings (SSSR count). The summed E-state index contributed by atoms with van der Waals surface area (Å²) in [6.45, 7) is 0. The van der Waals surface area contributed by atoms with E-state index in [0.29, 0.717) is 0 Å². The van der Waals surface area contributed by atoms with Gasteiger partial charge in [0.2, 0.25) is 0 Å². The molecule has 2 heterocycles. The van der Waals surface area contributed by atoms with E-state index in [2.05, 4.69) is 190 Å². The number of fused-ring (bicyclic) bond motifs is 6. The number of aromatic nitrogens is 2. The highest BCUT2D eigenvalue weighted by molar-refractivity contribution is 6.11. The molecule has 0 aliphatic heterocycles. The summed E-state index contributed by atoms with van der Waals surface area (Å²) in [7, 11) is 0. The molecule has 218 valence electrons. The van der Waals surface area contributed by atoms with E-state index in [4.69, 9.17) is 0 Å². The van der Waals surface area contributed by atoms with Crippen LogP contribution in [0.25, 0.3) is 55.0 Å². The van der Waals surface area contributed by atoms with Crippen LogP contribution in [0.3, 0.4) is 0 Å². The van der Waals surface area contributed by atoms with E-state index in [9.17, 15) is 0 Å². The Bertz CT molecular complexity index is 2350. The first-order valence-electron chi connectivity index (χ1n) is 15.6. The standard InChI is InChI=1S/C42H30N4/c1-3-13-31(14-4-1)45-39-21-11-7-17-33(39)35-25-23-29(27-41(35)45)43-37-19-9-10-20-38(37)44-30-24-26-36-34-18-8-12-22-40(34)46(42(36)28-30)32-15-5-2-6-16-32/h1-28,43-44H. The van der Waals surface area contributed by atoms with Gasteiger partial charge in [-0.1, -0.05) is 97.1 Å². The lowest BCUT2D eigenvalue weighted by molar-refractivity contribution is 1.18. The van der Waals surface area contributed by atoms with Gasteiger partial charge < -0.3 is 19.8 Å². The van der Waals surface area contributed by atoms with Crippen molar-refractivity contribution in [2.45, 2.75) is 0 Å². The Kier molecular flexibility index (Phi) is 6.10. The highest BCUT2D eigenvalue weighted by Crippen LogP contribution is 2.37. The van der Waals surface area contributed by atoms with E-state index >= 15 is 0 Å². The number of nitrogens with zero attached hydrogens (tertiary/aromatic N) is 2. The molecule has 0 atom stereocenters. The lowest BCUT2D eigenvalue weighted by Gasteiger charge is -2.15. The molecule has 0 unspecified atom stereocenters. The molecular formula is C42H30N4. The lowest BCUT2D eigenvalue weighted by Crippen LogP contribution is -1.99. The van der Waals surface area contributed by atoms with Crippen LogP contribution in [0.5, 0.6) is 0 Å². The van der Waals surface area contributed by atoms with Crippen molar-refractivity contribution in [3.05, 3.63) is 170 Å². The molecule has 0 saturated carbocycles. The zero-order chi connectivity index (χ0) is 30.5. The molecule has 2 aromatic heterocycles. The summed E-state index contributed by atoms with van der Waals surface area (Å²) in [6.07, 6.45) is 0. The molecule has 0 aliphatic carbocycles. The minimum atomic E-state index is 1.01. The smallest absolute Gasteiger partial charge is 0.0623 e. The topological polar surface area (TPSA) is 33.9 Å². The third-order valence-electron chi connectivity index (χ3n) is 8.86. The summed E-state index contributed by atoms with van der Waals surface area (Å²) in [4.78, 5) is 0. The van der Waals surface area contributed by atoms with E-state index in [-0.39, 0.29) is 0 Å². The average Bonchev–Trinajstić information content (AvgIpc) is 3.62. The third-order valence-corrected chi connectivity index (χ3v) is 8.86. The number of nitrogens with one attached hydrogen (secondary N) is 2. The Hall–Kier alpha value is -6.26. The Morgan fingerprint density at radius 2 is 0.674 bits per heavy atom. The van der Waals surface area contributed by atoms with Crippen LogP contribution in [0.4, 0.5) is 22.7 Å². The number of hydrogen-bond donors (Lipinski definition) is 2. The molecule has 0 fully saturated rings. The number of anilines is 4. The first-order valence-corrected chi connectivity index (χ1v) is 15.6. The van der Waals surface area contributed by atoms with Gasteiger partial charge in [-0.3, -0.25) is 0 Å². The van der Waals surface area contributed by atoms with Gasteiger partial charge in [0.25, 0.3) is 0 Å². The Morgan fingerprint density at radius 3 is 1.13 bits per heavy atom. The van der Waals surface area contributed by atoms with Crippen LogP contribution >= 0.6 is 0 Å². The molecule has 0 aliphatic rings. The molecule has 2 N–H and O–H groups in total. The molecule has 0 saturated heterocycles. The van der Waals surface area contributed by atoms with E-state index in [1.54, 1.807) is 0 Å². The zero-order valence-electron chi connectivity index (χ0n) is 25.1. The summed E-state index contributed by atoms with van der Waals surface area (Å²) in [5.41, 5.74) is 11.1. The number of para-hydroxylation sites is 6. The van der Waals surface area contributed by atoms with E-state index in [1.807, 2.05) is 0 Å². The van der Waals surface area contributed by atoms with Crippen molar-refractivity contribution in [2.24, 2.45) is 0 Å². The van der Waals surface area contributed by atoms with Gasteiger partial charge in [-0.05, 0) is 72.8 Å². The monoisotopic (exact) mass is 590 g/mol. The largest absolute Gasteiger partial charge is 0.354 e. The van der Waals surface area contributed by atoms with Crippen LogP contribution < -0.4 is 10.6 Å². The van der Waals surface area contributed by atoms with Crippen LogP contribution in [0.2, 0.25) is 0 Å². The first-order chi connectivity index (χ1) is 22.8. The Morgan fingerprint density at radius 1 is 0.304 bits per heavy atom. The minimum absolute atomic E-state index is 1.01. The van der Waals surface area contributed by atoms with Crippen molar-refractivity contribution in [3.63, 3.8) is 0 Å². The van der Waals surface area contributed by atoms with Crippen molar-refractivity contribution in [2.75, 3.05) is 10.6 Å². The molecule has 0 spiro atoms. The van der Waals surface area contributed by atoms with E-state index in [0.717, 1.165) is 34.1 Å². The van der Waals surface area contributed by atoms with Crippen LogP contribution in [0, 0.1) is 0 Å². The number of rotatable bonds is 6. The third kappa shape index (κ3) is 4.31. The van der Waals surface area contributed by atoms with Gasteiger partial charge in [-0.25, -0.2) is 0 Å². The van der Waals surface area contributed by atoms with Gasteiger partial charge in [-0.15, -0.1) is 0 Å². The highest BCUT2D eigenvalue weighted by atomic mass is 15.0. The molecular weight excluding hydrogens is 560 g/mol. The zero-order valence-corrected chi connectivity index (χ0v) is 25.1. The molecule has 4 nitrogen and oxygen atoms in total. The lowest BCUT2D eigenvalue weighted by atomic mass is 10.1. The van der Waals surface area contributed by atoms with Gasteiger partial charge in [0.05, 0.1) is 33.4 Å². The van der Waals surface area contributed by atoms with Gasteiger partial charge in [0, 0.05) is 44.3 Å². The SMILES string of the molecule is c1ccc(-n2c3ccccc3c3ccc(Nc4ccccc4Nc4ccc5c6ccccc6n(-c6ccccc6)c5c4)cc32)cc1. The molecule has 9 aromatic rings. The second kappa shape index (κ2) is 10.7. The Labute approximate surface area is 266 Å². The quantitative estimate of drug-likeness (QED) is 0.202. The van der Waals surface area contributed by atoms with Gasteiger partial charge in [0.15, 0.2) is 0 Å². The fourth-order valence-electron chi connectivity index (χ4n) is 6.82. The summed E-state index contributed by atoms with van der Waals surface area (Å²) < 4.78 is 4.70. The van der Waals surface area contributed by atoms with E-state index in [1.165, 1.54) is 43.6 Å². The Balaban J connectivity index is 1.11. The predicted octanol–water partition coefficient (Wildman–Crippen LogP) is 11.4. The molecule has 0 bridgehead atoms. The van der Waals surface area contributed by atoms with Gasteiger partial charge in [-0.2, -0.15) is 0 Å². The fourth-order valence-corrected chi connectivity index (χ4v) is 6.82. The van der Waals surface area contributed by atoms with Crippen LogP contribution in [0.15, 0.2) is 170 Å². The van der Waals surface area contributed by atoms with Crippen molar-refractivity contribution < 1.29 is 0 Å². The highest BCUT2D eigenvalue weighted by Gasteiger charge is 2.15. The summed E-state index contributed by atoms with van der Waals surface area (Å²) in [5, 5.41) is 12.4. The maximum absolute atomic E-state index is 3.72. The molecule has 46 heavy (non-hydrogen) atoms. The fraction of sp³-hybridized carbons (Fsp3) is 0. The predicted molar refractivity (Wildman–Crippen MR) is 195 cm³/mol. The number of benzene rings is 7. The number of hydrogen-bond acceptors (Lipinski definition) is 2. The van der Waals surface area contributed by atoms with Crippen LogP contribution in [-0.2, 0) is 0 Å². The summed E-state index contributed by atoms with van der Waals surface area (Å²) in [6, 6.07) is 60.1. The van der Waals surface area contributed by atoms with Crippen LogP contribution in [0.1, 0.15) is 0 Å². The normalized spacial score (nSPS) is 11.5. The first kappa shape index (κ1) is 26.2. The van der Waals surface area contributed by atoms with Crippen molar-refractivity contribution in [1.82, 2.24) is 9.13 Å². The van der Waals surface area contributed by atoms with Crippen molar-refractivity contribution >= 4 is 66.4 Å². The van der Waals surface area contributed by atoms with Crippen molar-refractivity contribution in [3.8, 4) is 11.4 Å². The van der Waals surface area contributed by atoms with Crippen molar-refractivity contribution in [1.29, 1.82) is 0 Å². The second-order valence-electron chi connectivity index (χ2n) is 11.6. The summed E-state index contributed by atoms with van der Waals surface area (Å²) >= 11 is 0. The molecule has 0 radical (unpaired) electrons. The van der Waals surface area contributed by atoms with Gasteiger partial charge in [0.1, 0.15) is 0 Å².